The van der Waals surface area contributed by atoms with Crippen LogP contribution in [0.1, 0.15) is 57.6 Å². The summed E-state index contributed by atoms with van der Waals surface area (Å²) in [5, 5.41) is 16.3. The summed E-state index contributed by atoms with van der Waals surface area (Å²) in [6.45, 7) is 9.51. The zero-order chi connectivity index (χ0) is 17.9. The number of carbonyl (C=O) groups excluding carboxylic acids is 1. The minimum absolute atomic E-state index is 0.181. The van der Waals surface area contributed by atoms with Crippen LogP contribution in [-0.4, -0.2) is 28.9 Å². The SMILES string of the molecule is Cc1cc(NC2CCC(NC(=O)OC(C)(C)C)CC2)c(C)cc1O. The van der Waals surface area contributed by atoms with Crippen molar-refractivity contribution in [2.24, 2.45) is 0 Å². The average Bonchev–Trinajstić information content (AvgIpc) is 2.44. The lowest BCUT2D eigenvalue weighted by molar-refractivity contribution is 0.0492. The predicted octanol–water partition coefficient (Wildman–Crippen LogP) is 4.26. The van der Waals surface area contributed by atoms with E-state index < -0.39 is 5.60 Å². The molecule has 5 heteroatoms. The summed E-state index contributed by atoms with van der Waals surface area (Å²) in [4.78, 5) is 11.8. The molecule has 0 bridgehead atoms. The molecule has 24 heavy (non-hydrogen) atoms. The molecule has 0 radical (unpaired) electrons. The number of phenolic OH excluding ortho intramolecular Hbond substituents is 1. The molecule has 134 valence electrons. The fraction of sp³-hybridized carbons (Fsp3) is 0.632. The molecule has 1 saturated carbocycles. The average molecular weight is 334 g/mol. The molecular formula is C19H30N2O3. The quantitative estimate of drug-likeness (QED) is 0.723. The third-order valence-corrected chi connectivity index (χ3v) is 4.35. The van der Waals surface area contributed by atoms with Gasteiger partial charge in [-0.25, -0.2) is 4.79 Å². The first-order valence-corrected chi connectivity index (χ1v) is 8.70. The summed E-state index contributed by atoms with van der Waals surface area (Å²) in [5.74, 6) is 0.336. The van der Waals surface area contributed by atoms with Crippen LogP contribution in [-0.2, 0) is 4.74 Å². The van der Waals surface area contributed by atoms with Gasteiger partial charge in [-0.3, -0.25) is 0 Å². The second-order valence-electron chi connectivity index (χ2n) is 7.79. The summed E-state index contributed by atoms with van der Waals surface area (Å²) in [6.07, 6.45) is 3.54. The van der Waals surface area contributed by atoms with Gasteiger partial charge in [-0.15, -0.1) is 0 Å². The third-order valence-electron chi connectivity index (χ3n) is 4.35. The van der Waals surface area contributed by atoms with E-state index in [4.69, 9.17) is 4.74 Å². The Morgan fingerprint density at radius 1 is 1.08 bits per heavy atom. The van der Waals surface area contributed by atoms with E-state index in [0.29, 0.717) is 11.8 Å². The number of carbonyl (C=O) groups is 1. The van der Waals surface area contributed by atoms with Crippen LogP contribution in [0, 0.1) is 13.8 Å². The number of aromatic hydroxyl groups is 1. The molecule has 1 fully saturated rings. The van der Waals surface area contributed by atoms with Gasteiger partial charge >= 0.3 is 6.09 Å². The Kier molecular flexibility index (Phi) is 5.62. The van der Waals surface area contributed by atoms with Crippen molar-refractivity contribution in [2.75, 3.05) is 5.32 Å². The number of anilines is 1. The monoisotopic (exact) mass is 334 g/mol. The molecule has 0 spiro atoms. The molecule has 1 aliphatic carbocycles. The van der Waals surface area contributed by atoms with Gasteiger partial charge in [-0.05, 0) is 83.6 Å². The Balaban J connectivity index is 1.83. The molecule has 3 N–H and O–H groups in total. The van der Waals surface area contributed by atoms with Crippen molar-refractivity contribution in [3.63, 3.8) is 0 Å². The number of phenols is 1. The molecule has 1 aromatic carbocycles. The molecule has 1 amide bonds. The van der Waals surface area contributed by atoms with Crippen molar-refractivity contribution in [1.82, 2.24) is 5.32 Å². The lowest BCUT2D eigenvalue weighted by Crippen LogP contribution is -2.42. The highest BCUT2D eigenvalue weighted by Gasteiger charge is 2.25. The van der Waals surface area contributed by atoms with Gasteiger partial charge in [0.1, 0.15) is 11.4 Å². The van der Waals surface area contributed by atoms with Gasteiger partial charge in [-0.1, -0.05) is 0 Å². The molecule has 5 nitrogen and oxygen atoms in total. The Morgan fingerprint density at radius 2 is 1.67 bits per heavy atom. The van der Waals surface area contributed by atoms with Gasteiger partial charge in [0.05, 0.1) is 0 Å². The highest BCUT2D eigenvalue weighted by Crippen LogP contribution is 2.28. The smallest absolute Gasteiger partial charge is 0.407 e. The first-order chi connectivity index (χ1) is 11.1. The first-order valence-electron chi connectivity index (χ1n) is 8.70. The van der Waals surface area contributed by atoms with Crippen LogP contribution >= 0.6 is 0 Å². The van der Waals surface area contributed by atoms with Gasteiger partial charge in [0, 0.05) is 17.8 Å². The fourth-order valence-corrected chi connectivity index (χ4v) is 3.03. The molecule has 0 saturated heterocycles. The molecule has 0 unspecified atom stereocenters. The summed E-state index contributed by atoms with van der Waals surface area (Å²) < 4.78 is 5.31. The number of hydrogen-bond acceptors (Lipinski definition) is 4. The molecule has 0 atom stereocenters. The molecule has 0 aromatic heterocycles. The van der Waals surface area contributed by atoms with E-state index in [-0.39, 0.29) is 12.1 Å². The van der Waals surface area contributed by atoms with Crippen LogP contribution in [0.3, 0.4) is 0 Å². The van der Waals surface area contributed by atoms with Crippen LogP contribution in [0.25, 0.3) is 0 Å². The maximum absolute atomic E-state index is 11.8. The van der Waals surface area contributed by atoms with E-state index >= 15 is 0 Å². The lowest BCUT2D eigenvalue weighted by atomic mass is 9.91. The lowest BCUT2D eigenvalue weighted by Gasteiger charge is -2.31. The zero-order valence-corrected chi connectivity index (χ0v) is 15.4. The van der Waals surface area contributed by atoms with Crippen molar-refractivity contribution in [3.05, 3.63) is 23.3 Å². The van der Waals surface area contributed by atoms with Crippen molar-refractivity contribution in [2.45, 2.75) is 78.0 Å². The van der Waals surface area contributed by atoms with Crippen molar-refractivity contribution >= 4 is 11.8 Å². The summed E-state index contributed by atoms with van der Waals surface area (Å²) in [6, 6.07) is 4.37. The molecular weight excluding hydrogens is 304 g/mol. The summed E-state index contributed by atoms with van der Waals surface area (Å²) in [5.41, 5.74) is 2.54. The van der Waals surface area contributed by atoms with Gasteiger partial charge in [0.15, 0.2) is 0 Å². The van der Waals surface area contributed by atoms with Gasteiger partial charge in [-0.2, -0.15) is 0 Å². The van der Waals surface area contributed by atoms with Crippen LogP contribution < -0.4 is 10.6 Å². The number of hydrogen-bond donors (Lipinski definition) is 3. The highest BCUT2D eigenvalue weighted by atomic mass is 16.6. The number of ether oxygens (including phenoxy) is 1. The molecule has 2 rings (SSSR count). The number of amides is 1. The molecule has 0 heterocycles. The van der Waals surface area contributed by atoms with Gasteiger partial charge < -0.3 is 20.5 Å². The number of alkyl carbamates (subject to hydrolysis) is 1. The molecule has 0 aliphatic heterocycles. The fourth-order valence-electron chi connectivity index (χ4n) is 3.03. The second kappa shape index (κ2) is 7.32. The normalized spacial score (nSPS) is 21.2. The van der Waals surface area contributed by atoms with Gasteiger partial charge in [0.2, 0.25) is 0 Å². The highest BCUT2D eigenvalue weighted by molar-refractivity contribution is 5.68. The standard InChI is InChI=1S/C19H30N2O3/c1-12-11-17(22)13(2)10-16(12)20-14-6-8-15(9-7-14)21-18(23)24-19(3,4)5/h10-11,14-15,20,22H,6-9H2,1-5H3,(H,21,23). The van der Waals surface area contributed by atoms with Crippen LogP contribution in [0.4, 0.5) is 10.5 Å². The molecule has 1 aromatic rings. The Bertz CT molecular complexity index is 585. The maximum Gasteiger partial charge on any atom is 0.407 e. The largest absolute Gasteiger partial charge is 0.508 e. The van der Waals surface area contributed by atoms with E-state index in [0.717, 1.165) is 42.5 Å². The summed E-state index contributed by atoms with van der Waals surface area (Å²) in [7, 11) is 0. The van der Waals surface area contributed by atoms with E-state index in [1.807, 2.05) is 40.7 Å². The number of aryl methyl sites for hydroxylation is 2. The van der Waals surface area contributed by atoms with E-state index in [1.165, 1.54) is 0 Å². The predicted molar refractivity (Wildman–Crippen MR) is 96.6 cm³/mol. The Labute approximate surface area is 144 Å². The topological polar surface area (TPSA) is 70.6 Å². The maximum atomic E-state index is 11.8. The summed E-state index contributed by atoms with van der Waals surface area (Å²) >= 11 is 0. The second-order valence-corrected chi connectivity index (χ2v) is 7.79. The minimum atomic E-state index is -0.461. The van der Waals surface area contributed by atoms with E-state index in [1.54, 1.807) is 6.07 Å². The number of rotatable bonds is 3. The van der Waals surface area contributed by atoms with E-state index in [2.05, 4.69) is 10.6 Å². The third kappa shape index (κ3) is 5.32. The number of nitrogens with one attached hydrogen (secondary N) is 2. The van der Waals surface area contributed by atoms with Crippen molar-refractivity contribution in [3.8, 4) is 5.75 Å². The number of benzene rings is 1. The Hall–Kier alpha value is -1.91. The zero-order valence-electron chi connectivity index (χ0n) is 15.4. The van der Waals surface area contributed by atoms with Gasteiger partial charge in [0.25, 0.3) is 0 Å². The first kappa shape index (κ1) is 18.4. The van der Waals surface area contributed by atoms with Crippen LogP contribution in [0.15, 0.2) is 12.1 Å². The van der Waals surface area contributed by atoms with E-state index in [9.17, 15) is 9.90 Å². The molecule has 1 aliphatic rings. The van der Waals surface area contributed by atoms with Crippen LogP contribution in [0.5, 0.6) is 5.75 Å². The minimum Gasteiger partial charge on any atom is -0.508 e. The van der Waals surface area contributed by atoms with Crippen molar-refractivity contribution < 1.29 is 14.6 Å². The van der Waals surface area contributed by atoms with Crippen molar-refractivity contribution in [1.29, 1.82) is 0 Å². The van der Waals surface area contributed by atoms with Crippen LogP contribution in [0.2, 0.25) is 0 Å². The Morgan fingerprint density at radius 3 is 2.25 bits per heavy atom.